The van der Waals surface area contributed by atoms with Crippen LogP contribution in [0.5, 0.6) is 0 Å². The van der Waals surface area contributed by atoms with Crippen LogP contribution in [0.1, 0.15) is 42.3 Å². The van der Waals surface area contributed by atoms with Gasteiger partial charge in [-0.2, -0.15) is 0 Å². The molecule has 2 heterocycles. The molecule has 0 saturated carbocycles. The smallest absolute Gasteiger partial charge is 0.0883 e. The van der Waals surface area contributed by atoms with E-state index in [1.165, 1.54) is 17.5 Å². The highest BCUT2D eigenvalue weighted by Crippen LogP contribution is 2.48. The van der Waals surface area contributed by atoms with Gasteiger partial charge in [-0.3, -0.25) is 0 Å². The maximum absolute atomic E-state index is 6.45. The van der Waals surface area contributed by atoms with E-state index in [1.54, 1.807) is 0 Å². The number of rotatable bonds is 2. The Morgan fingerprint density at radius 1 is 0.909 bits per heavy atom. The van der Waals surface area contributed by atoms with E-state index in [4.69, 9.17) is 4.74 Å². The van der Waals surface area contributed by atoms with Crippen molar-refractivity contribution in [1.82, 2.24) is 5.32 Å². The average molecular weight is 293 g/mol. The molecule has 3 atom stereocenters. The Morgan fingerprint density at radius 3 is 2.32 bits per heavy atom. The summed E-state index contributed by atoms with van der Waals surface area (Å²) in [6.07, 6.45) is 3.47. The molecule has 2 saturated heterocycles. The zero-order valence-corrected chi connectivity index (χ0v) is 12.9. The summed E-state index contributed by atoms with van der Waals surface area (Å²) in [5.74, 6) is 0.521. The van der Waals surface area contributed by atoms with Gasteiger partial charge in [-0.15, -0.1) is 0 Å². The van der Waals surface area contributed by atoms with Gasteiger partial charge in [0.05, 0.1) is 18.2 Å². The fourth-order valence-electron chi connectivity index (χ4n) is 4.15. The third kappa shape index (κ3) is 2.47. The van der Waals surface area contributed by atoms with Crippen LogP contribution in [0.25, 0.3) is 0 Å². The Hall–Kier alpha value is -1.64. The lowest BCUT2D eigenvalue weighted by Crippen LogP contribution is -2.48. The summed E-state index contributed by atoms with van der Waals surface area (Å²) < 4.78 is 6.45. The van der Waals surface area contributed by atoms with Gasteiger partial charge in [-0.05, 0) is 36.9 Å². The largest absolute Gasteiger partial charge is 0.372 e. The minimum atomic E-state index is -0.0416. The molecule has 2 nitrogen and oxygen atoms in total. The van der Waals surface area contributed by atoms with Crippen LogP contribution >= 0.6 is 0 Å². The van der Waals surface area contributed by atoms with Gasteiger partial charge in [0.25, 0.3) is 0 Å². The third-order valence-electron chi connectivity index (χ3n) is 5.22. The van der Waals surface area contributed by atoms with Gasteiger partial charge in [0, 0.05) is 5.92 Å². The van der Waals surface area contributed by atoms with Crippen molar-refractivity contribution < 1.29 is 4.74 Å². The van der Waals surface area contributed by atoms with E-state index in [-0.39, 0.29) is 5.60 Å². The van der Waals surface area contributed by atoms with E-state index in [0.717, 1.165) is 26.0 Å². The van der Waals surface area contributed by atoms with Crippen LogP contribution in [0.15, 0.2) is 60.7 Å². The van der Waals surface area contributed by atoms with Crippen LogP contribution in [0, 0.1) is 0 Å². The average Bonchev–Trinajstić information content (AvgIpc) is 3.01. The molecule has 1 unspecified atom stereocenters. The number of piperidine rings is 1. The quantitative estimate of drug-likeness (QED) is 0.902. The van der Waals surface area contributed by atoms with Gasteiger partial charge in [0.2, 0.25) is 0 Å². The van der Waals surface area contributed by atoms with E-state index in [9.17, 15) is 0 Å². The minimum absolute atomic E-state index is 0.0416. The topological polar surface area (TPSA) is 21.3 Å². The number of hydrogen-bond acceptors (Lipinski definition) is 2. The fourth-order valence-corrected chi connectivity index (χ4v) is 4.15. The molecule has 2 aliphatic rings. The lowest BCUT2D eigenvalue weighted by molar-refractivity contribution is -0.0484. The first-order valence-electron chi connectivity index (χ1n) is 8.35. The summed E-state index contributed by atoms with van der Waals surface area (Å²) in [5.41, 5.74) is 2.73. The second-order valence-electron chi connectivity index (χ2n) is 6.59. The molecule has 22 heavy (non-hydrogen) atoms. The van der Waals surface area contributed by atoms with Crippen LogP contribution < -0.4 is 5.32 Å². The Kier molecular flexibility index (Phi) is 3.73. The summed E-state index contributed by atoms with van der Waals surface area (Å²) in [6.45, 7) is 1.93. The number of ether oxygens (including phenoxy) is 1. The highest BCUT2D eigenvalue weighted by atomic mass is 16.5. The first-order chi connectivity index (χ1) is 10.9. The molecular formula is C20H23NO. The summed E-state index contributed by atoms with van der Waals surface area (Å²) in [4.78, 5) is 0. The van der Waals surface area contributed by atoms with E-state index in [1.807, 2.05) is 0 Å². The molecular weight excluding hydrogens is 270 g/mol. The zero-order chi connectivity index (χ0) is 14.8. The molecule has 1 N–H and O–H groups in total. The zero-order valence-electron chi connectivity index (χ0n) is 12.9. The molecule has 2 fully saturated rings. The second-order valence-corrected chi connectivity index (χ2v) is 6.59. The summed E-state index contributed by atoms with van der Waals surface area (Å²) in [7, 11) is 0. The highest BCUT2D eigenvalue weighted by molar-refractivity contribution is 5.27. The van der Waals surface area contributed by atoms with Crippen molar-refractivity contribution in [2.24, 2.45) is 0 Å². The van der Waals surface area contributed by atoms with E-state index in [2.05, 4.69) is 66.0 Å². The maximum atomic E-state index is 6.45. The predicted molar refractivity (Wildman–Crippen MR) is 88.9 cm³/mol. The maximum Gasteiger partial charge on any atom is 0.0883 e. The highest BCUT2D eigenvalue weighted by Gasteiger charge is 2.48. The van der Waals surface area contributed by atoms with E-state index >= 15 is 0 Å². The van der Waals surface area contributed by atoms with Crippen LogP contribution in [0.3, 0.4) is 0 Å². The predicted octanol–water partition coefficient (Wildman–Crippen LogP) is 4.05. The normalized spacial score (nSPS) is 31.5. The van der Waals surface area contributed by atoms with Crippen LogP contribution in [-0.2, 0) is 4.74 Å². The van der Waals surface area contributed by atoms with Crippen molar-refractivity contribution in [2.75, 3.05) is 13.2 Å². The SMILES string of the molecule is c1ccc(C2NCCC[C@]23C[C@H](c2ccccc2)CO3)cc1. The molecule has 2 aromatic carbocycles. The molecule has 4 rings (SSSR count). The molecule has 2 heteroatoms. The Labute approximate surface area is 132 Å². The minimum Gasteiger partial charge on any atom is -0.372 e. The van der Waals surface area contributed by atoms with E-state index in [0.29, 0.717) is 12.0 Å². The van der Waals surface area contributed by atoms with Crippen molar-refractivity contribution in [1.29, 1.82) is 0 Å². The van der Waals surface area contributed by atoms with E-state index < -0.39 is 0 Å². The lowest BCUT2D eigenvalue weighted by atomic mass is 9.77. The number of benzene rings is 2. The third-order valence-corrected chi connectivity index (χ3v) is 5.22. The van der Waals surface area contributed by atoms with Crippen LogP contribution in [0.2, 0.25) is 0 Å². The lowest BCUT2D eigenvalue weighted by Gasteiger charge is -2.41. The molecule has 2 aliphatic heterocycles. The first kappa shape index (κ1) is 14.0. The Morgan fingerprint density at radius 2 is 1.59 bits per heavy atom. The van der Waals surface area contributed by atoms with Gasteiger partial charge >= 0.3 is 0 Å². The monoisotopic (exact) mass is 293 g/mol. The van der Waals surface area contributed by atoms with Crippen molar-refractivity contribution in [3.8, 4) is 0 Å². The van der Waals surface area contributed by atoms with Crippen molar-refractivity contribution >= 4 is 0 Å². The van der Waals surface area contributed by atoms with Gasteiger partial charge in [0.1, 0.15) is 0 Å². The second kappa shape index (κ2) is 5.86. The van der Waals surface area contributed by atoms with Gasteiger partial charge < -0.3 is 10.1 Å². The summed E-state index contributed by atoms with van der Waals surface area (Å²) in [6, 6.07) is 21.9. The standard InChI is InChI=1S/C20H23NO/c1-3-8-16(9-4-1)18-14-20(22-15-18)12-7-13-21-19(20)17-10-5-2-6-11-17/h1-6,8-11,18-19,21H,7,12-15H2/t18-,19?,20-/m0/s1. The molecule has 2 aromatic rings. The fraction of sp³-hybridized carbons (Fsp3) is 0.400. The van der Waals surface area contributed by atoms with Crippen molar-refractivity contribution in [2.45, 2.75) is 36.8 Å². The molecule has 0 amide bonds. The van der Waals surface area contributed by atoms with Crippen molar-refractivity contribution in [3.05, 3.63) is 71.8 Å². The molecule has 0 aromatic heterocycles. The summed E-state index contributed by atoms with van der Waals surface area (Å²) >= 11 is 0. The molecule has 0 bridgehead atoms. The number of nitrogens with one attached hydrogen (secondary N) is 1. The Balaban J connectivity index is 1.62. The van der Waals surface area contributed by atoms with Gasteiger partial charge in [-0.1, -0.05) is 60.7 Å². The Bertz CT molecular complexity index is 612. The number of hydrogen-bond donors (Lipinski definition) is 1. The first-order valence-corrected chi connectivity index (χ1v) is 8.35. The van der Waals surface area contributed by atoms with Crippen LogP contribution in [0.4, 0.5) is 0 Å². The summed E-state index contributed by atoms with van der Waals surface area (Å²) in [5, 5.41) is 3.72. The molecule has 0 aliphatic carbocycles. The van der Waals surface area contributed by atoms with Crippen molar-refractivity contribution in [3.63, 3.8) is 0 Å². The molecule has 1 spiro atoms. The molecule has 0 radical (unpaired) electrons. The van der Waals surface area contributed by atoms with Crippen LogP contribution in [-0.4, -0.2) is 18.8 Å². The van der Waals surface area contributed by atoms with Gasteiger partial charge in [0.15, 0.2) is 0 Å². The van der Waals surface area contributed by atoms with Gasteiger partial charge in [-0.25, -0.2) is 0 Å². The molecule has 114 valence electrons.